The second kappa shape index (κ2) is 9.32. The molecule has 9 nitrogen and oxygen atoms in total. The number of aliphatic carboxylic acids is 1. The topological polar surface area (TPSA) is 111 Å². The van der Waals surface area contributed by atoms with Crippen LogP contribution in [0.25, 0.3) is 10.9 Å². The minimum absolute atomic E-state index is 0.0326. The Bertz CT molecular complexity index is 1310. The van der Waals surface area contributed by atoms with Gasteiger partial charge in [0.2, 0.25) is 10.0 Å². The molecule has 1 fully saturated rings. The van der Waals surface area contributed by atoms with E-state index in [1.54, 1.807) is 12.1 Å². The zero-order valence-electron chi connectivity index (χ0n) is 19.0. The molecule has 1 aliphatic heterocycles. The highest BCUT2D eigenvalue weighted by Gasteiger charge is 2.42. The van der Waals surface area contributed by atoms with E-state index in [2.05, 4.69) is 5.10 Å². The highest BCUT2D eigenvalue weighted by molar-refractivity contribution is 7.89. The van der Waals surface area contributed by atoms with Crippen molar-refractivity contribution in [3.05, 3.63) is 54.0 Å². The molecule has 0 spiro atoms. The summed E-state index contributed by atoms with van der Waals surface area (Å²) in [5.41, 5.74) is 0.664. The minimum atomic E-state index is -3.85. The number of carboxylic acids is 1. The van der Waals surface area contributed by atoms with Crippen LogP contribution in [-0.2, 0) is 26.0 Å². The van der Waals surface area contributed by atoms with Gasteiger partial charge in [0.15, 0.2) is 0 Å². The van der Waals surface area contributed by atoms with E-state index < -0.39 is 34.0 Å². The van der Waals surface area contributed by atoms with Crippen molar-refractivity contribution >= 4 is 26.9 Å². The van der Waals surface area contributed by atoms with Crippen LogP contribution in [0, 0.1) is 5.82 Å². The van der Waals surface area contributed by atoms with Gasteiger partial charge in [0.25, 0.3) is 0 Å². The Morgan fingerprint density at radius 1 is 1.21 bits per heavy atom. The van der Waals surface area contributed by atoms with Crippen molar-refractivity contribution in [1.29, 1.82) is 0 Å². The van der Waals surface area contributed by atoms with Gasteiger partial charge in [-0.15, -0.1) is 0 Å². The first kappa shape index (κ1) is 24.1. The Morgan fingerprint density at radius 3 is 2.53 bits per heavy atom. The molecule has 0 radical (unpaired) electrons. The summed E-state index contributed by atoms with van der Waals surface area (Å²) in [5.74, 6) is -1.01. The van der Waals surface area contributed by atoms with Gasteiger partial charge in [0.1, 0.15) is 11.6 Å². The summed E-state index contributed by atoms with van der Waals surface area (Å²) in [4.78, 5) is 11.4. The molecule has 1 aromatic heterocycles. The first-order valence-corrected chi connectivity index (χ1v) is 12.2. The Kier molecular flexibility index (Phi) is 6.61. The molecular weight excluding hydrogens is 465 g/mol. The molecule has 34 heavy (non-hydrogen) atoms. The first-order valence-electron chi connectivity index (χ1n) is 10.8. The molecule has 0 saturated carbocycles. The average molecular weight is 492 g/mol. The molecule has 0 bridgehead atoms. The predicted octanol–water partition coefficient (Wildman–Crippen LogP) is 2.85. The van der Waals surface area contributed by atoms with Gasteiger partial charge in [-0.05, 0) is 56.3 Å². The largest absolute Gasteiger partial charge is 0.491 e. The van der Waals surface area contributed by atoms with Crippen LogP contribution < -0.4 is 4.74 Å². The van der Waals surface area contributed by atoms with E-state index in [0.29, 0.717) is 16.7 Å². The fourth-order valence-corrected chi connectivity index (χ4v) is 5.67. The smallest absolute Gasteiger partial charge is 0.309 e. The van der Waals surface area contributed by atoms with Gasteiger partial charge in [0, 0.05) is 25.6 Å². The lowest BCUT2D eigenvalue weighted by atomic mass is 10.1. The number of hydrogen-bond donors (Lipinski definition) is 1. The number of fused-ring (bicyclic) bond motifs is 1. The Labute approximate surface area is 196 Å². The van der Waals surface area contributed by atoms with Crippen LogP contribution in [0.2, 0.25) is 0 Å². The standard InChI is InChI=1S/C23H26FN3O6S/c1-14(2)33-16-5-7-17(8-6-16)34(30,31)26-12-21(22(13-26)32-3)27-20-10-15(24)4-9-18(20)19(25-27)11-23(28)29/h4-10,14,21-22H,11-13H2,1-3H3,(H,28,29)/t21-,22+/m0/s1. The molecule has 1 saturated heterocycles. The second-order valence-corrected chi connectivity index (χ2v) is 10.4. The molecule has 2 atom stereocenters. The van der Waals surface area contributed by atoms with Crippen LogP contribution in [0.1, 0.15) is 25.6 Å². The number of benzene rings is 2. The molecule has 1 N–H and O–H groups in total. The summed E-state index contributed by atoms with van der Waals surface area (Å²) in [7, 11) is -2.38. The van der Waals surface area contributed by atoms with Gasteiger partial charge in [-0.2, -0.15) is 9.40 Å². The minimum Gasteiger partial charge on any atom is -0.491 e. The summed E-state index contributed by atoms with van der Waals surface area (Å²) < 4.78 is 54.7. The third-order valence-electron chi connectivity index (χ3n) is 5.72. The summed E-state index contributed by atoms with van der Waals surface area (Å²) in [6.45, 7) is 3.86. The molecule has 182 valence electrons. The van der Waals surface area contributed by atoms with Crippen molar-refractivity contribution in [3.63, 3.8) is 0 Å². The highest BCUT2D eigenvalue weighted by Crippen LogP contribution is 2.33. The van der Waals surface area contributed by atoms with Gasteiger partial charge in [-0.25, -0.2) is 12.8 Å². The fraction of sp³-hybridized carbons (Fsp3) is 0.391. The maximum Gasteiger partial charge on any atom is 0.309 e. The summed E-state index contributed by atoms with van der Waals surface area (Å²) in [6.07, 6.45) is -0.946. The number of nitrogens with zero attached hydrogens (tertiary/aromatic N) is 3. The molecule has 11 heteroatoms. The normalized spacial score (nSPS) is 19.2. The number of rotatable bonds is 8. The molecule has 2 aromatic carbocycles. The maximum absolute atomic E-state index is 14.0. The number of ether oxygens (including phenoxy) is 2. The van der Waals surface area contributed by atoms with E-state index >= 15 is 0 Å². The monoisotopic (exact) mass is 491 g/mol. The van der Waals surface area contributed by atoms with Gasteiger partial charge in [-0.3, -0.25) is 9.48 Å². The number of sulfonamides is 1. The molecule has 3 aromatic rings. The lowest BCUT2D eigenvalue weighted by Crippen LogP contribution is -2.30. The van der Waals surface area contributed by atoms with Crippen molar-refractivity contribution < 1.29 is 32.2 Å². The predicted molar refractivity (Wildman–Crippen MR) is 122 cm³/mol. The number of halogens is 1. The van der Waals surface area contributed by atoms with E-state index in [1.807, 2.05) is 13.8 Å². The highest BCUT2D eigenvalue weighted by atomic mass is 32.2. The van der Waals surface area contributed by atoms with E-state index in [-0.39, 0.29) is 36.2 Å². The Morgan fingerprint density at radius 2 is 1.91 bits per heavy atom. The molecule has 0 aliphatic carbocycles. The summed E-state index contributed by atoms with van der Waals surface area (Å²) in [5, 5.41) is 14.2. The quantitative estimate of drug-likeness (QED) is 0.516. The molecule has 4 rings (SSSR count). The number of aromatic nitrogens is 2. The Balaban J connectivity index is 1.67. The van der Waals surface area contributed by atoms with Crippen LogP contribution in [-0.4, -0.2) is 66.0 Å². The Hall–Kier alpha value is -3.02. The number of methoxy groups -OCH3 is 1. The summed E-state index contributed by atoms with van der Waals surface area (Å²) in [6, 6.07) is 9.62. The lowest BCUT2D eigenvalue weighted by Gasteiger charge is -2.18. The number of carboxylic acid groups (broad SMARTS) is 1. The molecule has 0 amide bonds. The molecule has 2 heterocycles. The average Bonchev–Trinajstić information content (AvgIpc) is 3.35. The van der Waals surface area contributed by atoms with Crippen molar-refractivity contribution in [1.82, 2.24) is 14.1 Å². The van der Waals surface area contributed by atoms with Crippen molar-refractivity contribution in [2.24, 2.45) is 0 Å². The zero-order chi connectivity index (χ0) is 24.6. The molecule has 1 aliphatic rings. The van der Waals surface area contributed by atoms with Crippen molar-refractivity contribution in [2.45, 2.75) is 43.4 Å². The van der Waals surface area contributed by atoms with Crippen LogP contribution in [0.4, 0.5) is 4.39 Å². The van der Waals surface area contributed by atoms with E-state index in [1.165, 1.54) is 46.4 Å². The van der Waals surface area contributed by atoms with Crippen LogP contribution in [0.3, 0.4) is 0 Å². The summed E-state index contributed by atoms with van der Waals surface area (Å²) >= 11 is 0. The fourth-order valence-electron chi connectivity index (χ4n) is 4.20. The van der Waals surface area contributed by atoms with Gasteiger partial charge in [-0.1, -0.05) is 0 Å². The maximum atomic E-state index is 14.0. The first-order chi connectivity index (χ1) is 16.1. The van der Waals surface area contributed by atoms with Crippen molar-refractivity contribution in [3.8, 4) is 5.75 Å². The van der Waals surface area contributed by atoms with E-state index in [4.69, 9.17) is 9.47 Å². The number of carbonyl (C=O) groups is 1. The van der Waals surface area contributed by atoms with Gasteiger partial charge >= 0.3 is 5.97 Å². The van der Waals surface area contributed by atoms with Gasteiger partial charge in [0.05, 0.1) is 40.8 Å². The molecule has 0 unspecified atom stereocenters. The number of hydrogen-bond acceptors (Lipinski definition) is 6. The van der Waals surface area contributed by atoms with Crippen molar-refractivity contribution in [2.75, 3.05) is 20.2 Å². The zero-order valence-corrected chi connectivity index (χ0v) is 19.8. The van der Waals surface area contributed by atoms with E-state index in [0.717, 1.165) is 0 Å². The van der Waals surface area contributed by atoms with Crippen LogP contribution in [0.5, 0.6) is 5.75 Å². The van der Waals surface area contributed by atoms with Crippen LogP contribution >= 0.6 is 0 Å². The lowest BCUT2D eigenvalue weighted by molar-refractivity contribution is -0.136. The third kappa shape index (κ3) is 4.63. The van der Waals surface area contributed by atoms with Crippen LogP contribution in [0.15, 0.2) is 47.4 Å². The second-order valence-electron chi connectivity index (χ2n) is 8.42. The van der Waals surface area contributed by atoms with E-state index in [9.17, 15) is 22.7 Å². The third-order valence-corrected chi connectivity index (χ3v) is 7.56. The molecular formula is C23H26FN3O6S. The SMILES string of the molecule is CO[C@@H]1CN(S(=O)(=O)c2ccc(OC(C)C)cc2)C[C@@H]1n1nc(CC(=O)O)c2ccc(F)cc21. The van der Waals surface area contributed by atoms with Gasteiger partial charge < -0.3 is 14.6 Å².